The number of rotatable bonds is 6. The maximum absolute atomic E-state index is 12.8. The Morgan fingerprint density at radius 3 is 2.20 bits per heavy atom. The lowest BCUT2D eigenvalue weighted by Crippen LogP contribution is -2.57. The summed E-state index contributed by atoms with van der Waals surface area (Å²) in [5, 5.41) is 18.2. The molecule has 9 heteroatoms. The zero-order valence-corrected chi connectivity index (χ0v) is 27.1. The Balaban J connectivity index is 2.31. The van der Waals surface area contributed by atoms with Gasteiger partial charge in [0.25, 0.3) is 0 Å². The van der Waals surface area contributed by atoms with Crippen LogP contribution in [0.2, 0.25) is 0 Å². The number of likely N-dealkylation sites (N-methyl/N-ethyl adjacent to an activating group) is 1. The quantitative estimate of drug-likeness (QED) is 0.182. The van der Waals surface area contributed by atoms with Crippen LogP contribution >= 0.6 is 12.2 Å². The molecule has 2 rings (SSSR count). The Labute approximate surface area is 246 Å². The van der Waals surface area contributed by atoms with Crippen LogP contribution in [0.1, 0.15) is 99.1 Å². The van der Waals surface area contributed by atoms with Crippen LogP contribution in [0, 0.1) is 10.8 Å². The summed E-state index contributed by atoms with van der Waals surface area (Å²) in [4.78, 5) is 31.9. The van der Waals surface area contributed by atoms with Gasteiger partial charge in [-0.25, -0.2) is 0 Å². The highest BCUT2D eigenvalue weighted by Gasteiger charge is 2.34. The zero-order valence-electron chi connectivity index (χ0n) is 26.3. The molecular formula is C31H50N4O4S. The lowest BCUT2D eigenvalue weighted by Gasteiger charge is -2.35. The number of esters is 1. The van der Waals surface area contributed by atoms with Crippen molar-refractivity contribution in [2.24, 2.45) is 15.8 Å². The number of nitrogens with zero attached hydrogens (tertiary/aromatic N) is 2. The Bertz CT molecular complexity index is 1110. The van der Waals surface area contributed by atoms with E-state index in [-0.39, 0.29) is 40.5 Å². The van der Waals surface area contributed by atoms with Crippen LogP contribution in [0.3, 0.4) is 0 Å². The summed E-state index contributed by atoms with van der Waals surface area (Å²) in [6, 6.07) is 2.82. The fourth-order valence-corrected chi connectivity index (χ4v) is 4.77. The van der Waals surface area contributed by atoms with E-state index in [1.165, 1.54) is 0 Å². The second-order valence-corrected chi connectivity index (χ2v) is 14.6. The van der Waals surface area contributed by atoms with Crippen molar-refractivity contribution in [3.05, 3.63) is 23.3 Å². The molecule has 0 spiro atoms. The predicted octanol–water partition coefficient (Wildman–Crippen LogP) is 5.34. The van der Waals surface area contributed by atoms with Crippen LogP contribution in [0.15, 0.2) is 17.1 Å². The molecule has 1 aromatic rings. The van der Waals surface area contributed by atoms with Crippen molar-refractivity contribution in [2.45, 2.75) is 112 Å². The van der Waals surface area contributed by atoms with E-state index < -0.39 is 11.5 Å². The van der Waals surface area contributed by atoms with Crippen LogP contribution in [0.4, 0.5) is 0 Å². The minimum Gasteiger partial charge on any atom is -0.507 e. The van der Waals surface area contributed by atoms with Crippen molar-refractivity contribution < 1.29 is 19.4 Å². The number of carbonyl (C=O) groups excluding carboxylic acids is 2. The van der Waals surface area contributed by atoms with Crippen LogP contribution in [-0.4, -0.2) is 65.4 Å². The lowest BCUT2D eigenvalue weighted by atomic mass is 9.85. The fraction of sp³-hybridized carbons (Fsp3) is 0.677. The van der Waals surface area contributed by atoms with Gasteiger partial charge in [-0.15, -0.1) is 0 Å². The Morgan fingerprint density at radius 1 is 1.07 bits per heavy atom. The van der Waals surface area contributed by atoms with Crippen molar-refractivity contribution in [1.82, 2.24) is 15.5 Å². The molecule has 1 amide bonds. The number of aromatic hydroxyl groups is 1. The van der Waals surface area contributed by atoms with E-state index in [0.717, 1.165) is 25.7 Å². The van der Waals surface area contributed by atoms with Gasteiger partial charge in [0.1, 0.15) is 17.5 Å². The normalized spacial score (nSPS) is 19.2. The fourth-order valence-electron chi connectivity index (χ4n) is 4.50. The van der Waals surface area contributed by atoms with Crippen molar-refractivity contribution in [3.63, 3.8) is 0 Å². The molecule has 224 valence electrons. The average Bonchev–Trinajstić information content (AvgIpc) is 2.80. The minimum atomic E-state index is -0.662. The van der Waals surface area contributed by atoms with Crippen molar-refractivity contribution >= 4 is 35.4 Å². The van der Waals surface area contributed by atoms with Crippen molar-refractivity contribution in [2.75, 3.05) is 14.1 Å². The van der Waals surface area contributed by atoms with E-state index in [0.29, 0.717) is 22.0 Å². The second-order valence-electron chi connectivity index (χ2n) is 14.2. The number of benzene rings is 1. The van der Waals surface area contributed by atoms with Crippen LogP contribution in [0.5, 0.6) is 11.5 Å². The van der Waals surface area contributed by atoms with Gasteiger partial charge in [-0.3, -0.25) is 14.6 Å². The smallest absolute Gasteiger partial charge is 0.316 e. The number of aliphatic imine (C=N–C) groups is 1. The first-order valence-electron chi connectivity index (χ1n) is 14.1. The van der Waals surface area contributed by atoms with Gasteiger partial charge in [-0.2, -0.15) is 0 Å². The average molecular weight is 575 g/mol. The molecule has 0 saturated heterocycles. The zero-order chi connectivity index (χ0) is 30.6. The molecular weight excluding hydrogens is 524 g/mol. The number of hydrogen-bond donors (Lipinski definition) is 3. The first kappa shape index (κ1) is 33.5. The highest BCUT2D eigenvalue weighted by molar-refractivity contribution is 7.80. The Hall–Kier alpha value is -2.68. The maximum Gasteiger partial charge on any atom is 0.316 e. The van der Waals surface area contributed by atoms with Gasteiger partial charge >= 0.3 is 5.97 Å². The summed E-state index contributed by atoms with van der Waals surface area (Å²) in [7, 11) is 3.48. The van der Waals surface area contributed by atoms with Crippen LogP contribution in [-0.2, 0) is 15.0 Å². The molecule has 3 atom stereocenters. The third-order valence-electron chi connectivity index (χ3n) is 7.02. The standard InChI is InChI=1S/C31H50N4O4S/c1-29(2,3)21-17-20(39-27(38)31(7,8)9)16-19(24(21)36)18-32-22-14-12-13-15-23(22)33-28(40)34-25(30(4,5)6)26(37)35(10)11/h16-18,22-23,25,36H,12-15H2,1-11H3,(H2,33,34,40). The number of ether oxygens (including phenoxy) is 1. The number of nitrogens with one attached hydrogen (secondary N) is 2. The summed E-state index contributed by atoms with van der Waals surface area (Å²) < 4.78 is 5.70. The topological polar surface area (TPSA) is 103 Å². The summed E-state index contributed by atoms with van der Waals surface area (Å²) >= 11 is 5.65. The SMILES string of the molecule is CN(C)C(=O)C(NC(=S)NC1CCCCC1N=Cc1cc(OC(=O)C(C)(C)C)cc(C(C)(C)C)c1O)C(C)(C)C. The highest BCUT2D eigenvalue weighted by Crippen LogP contribution is 2.37. The van der Waals surface area contributed by atoms with Gasteiger partial charge in [0.05, 0.1) is 17.5 Å². The molecule has 0 bridgehead atoms. The van der Waals surface area contributed by atoms with Crippen molar-refractivity contribution in [1.29, 1.82) is 0 Å². The first-order valence-corrected chi connectivity index (χ1v) is 14.5. The van der Waals surface area contributed by atoms with Gasteiger partial charge in [0.15, 0.2) is 5.11 Å². The molecule has 1 aliphatic rings. The van der Waals surface area contributed by atoms with E-state index in [4.69, 9.17) is 21.9 Å². The van der Waals surface area contributed by atoms with E-state index in [1.54, 1.807) is 58.1 Å². The molecule has 3 unspecified atom stereocenters. The number of amides is 1. The summed E-state index contributed by atoms with van der Waals surface area (Å²) in [6.07, 6.45) is 5.50. The largest absolute Gasteiger partial charge is 0.507 e. The highest BCUT2D eigenvalue weighted by atomic mass is 32.1. The van der Waals surface area contributed by atoms with Gasteiger partial charge in [0.2, 0.25) is 5.91 Å². The monoisotopic (exact) mass is 574 g/mol. The molecule has 1 saturated carbocycles. The molecule has 0 aliphatic heterocycles. The molecule has 40 heavy (non-hydrogen) atoms. The van der Waals surface area contributed by atoms with E-state index in [9.17, 15) is 14.7 Å². The summed E-state index contributed by atoms with van der Waals surface area (Å²) in [6.45, 7) is 17.4. The number of hydrogen-bond acceptors (Lipinski definition) is 6. The van der Waals surface area contributed by atoms with Gasteiger partial charge < -0.3 is 25.4 Å². The molecule has 8 nitrogen and oxygen atoms in total. The Morgan fingerprint density at radius 2 is 1.68 bits per heavy atom. The first-order chi connectivity index (χ1) is 18.2. The molecule has 0 aromatic heterocycles. The molecule has 3 N–H and O–H groups in total. The second kappa shape index (κ2) is 12.9. The molecule has 1 fully saturated rings. The van der Waals surface area contributed by atoms with Gasteiger partial charge in [0, 0.05) is 31.4 Å². The minimum absolute atomic E-state index is 0.0220. The molecule has 1 aliphatic carbocycles. The molecule has 0 radical (unpaired) electrons. The molecule has 1 aromatic carbocycles. The summed E-state index contributed by atoms with van der Waals surface area (Å²) in [5.41, 5.74) is -0.197. The molecule has 0 heterocycles. The lowest BCUT2D eigenvalue weighted by molar-refractivity contribution is -0.143. The number of carbonyl (C=O) groups is 2. The third kappa shape index (κ3) is 9.18. The van der Waals surface area contributed by atoms with Gasteiger partial charge in [-0.05, 0) is 68.8 Å². The van der Waals surface area contributed by atoms with Crippen LogP contribution in [0.25, 0.3) is 0 Å². The summed E-state index contributed by atoms with van der Waals surface area (Å²) in [5.74, 6) is 0.123. The van der Waals surface area contributed by atoms with Crippen molar-refractivity contribution in [3.8, 4) is 11.5 Å². The van der Waals surface area contributed by atoms with Crippen LogP contribution < -0.4 is 15.4 Å². The predicted molar refractivity (Wildman–Crippen MR) is 166 cm³/mol. The number of phenols is 1. The van der Waals surface area contributed by atoms with E-state index >= 15 is 0 Å². The number of thiocarbonyl (C=S) groups is 1. The maximum atomic E-state index is 12.8. The Kier molecular flexibility index (Phi) is 10.8. The van der Waals surface area contributed by atoms with E-state index in [1.807, 2.05) is 41.5 Å². The van der Waals surface area contributed by atoms with E-state index in [2.05, 4.69) is 10.6 Å². The van der Waals surface area contributed by atoms with Gasteiger partial charge in [-0.1, -0.05) is 54.4 Å². The number of phenolic OH excluding ortho intramolecular Hbond substituents is 1. The third-order valence-corrected chi connectivity index (χ3v) is 7.26.